The fourth-order valence-electron chi connectivity index (χ4n) is 3.91. The summed E-state index contributed by atoms with van der Waals surface area (Å²) < 4.78 is 2.17. The summed E-state index contributed by atoms with van der Waals surface area (Å²) in [6.45, 7) is 2.80. The first-order valence-corrected chi connectivity index (χ1v) is 10.2. The Bertz CT molecular complexity index is 1320. The number of anilines is 1. The number of carbonyl (C=O) groups is 2. The van der Waals surface area contributed by atoms with Gasteiger partial charge in [-0.25, -0.2) is 9.69 Å². The van der Waals surface area contributed by atoms with Crippen molar-refractivity contribution in [3.8, 4) is 0 Å². The lowest BCUT2D eigenvalue weighted by molar-refractivity contribution is -0.113. The van der Waals surface area contributed by atoms with Crippen LogP contribution in [0.15, 0.2) is 90.8 Å². The van der Waals surface area contributed by atoms with Crippen molar-refractivity contribution in [1.82, 2.24) is 9.88 Å². The third kappa shape index (κ3) is 3.51. The number of aromatic nitrogens is 1. The van der Waals surface area contributed by atoms with Crippen molar-refractivity contribution >= 4 is 34.6 Å². The number of imide groups is 1. The molecule has 1 fully saturated rings. The quantitative estimate of drug-likeness (QED) is 0.378. The van der Waals surface area contributed by atoms with E-state index in [2.05, 4.69) is 47.1 Å². The molecule has 3 aromatic carbocycles. The predicted octanol–water partition coefficient (Wildman–Crippen LogP) is 5.10. The molecular weight excluding hydrogens is 386 g/mol. The van der Waals surface area contributed by atoms with Crippen LogP contribution in [0.2, 0.25) is 0 Å². The summed E-state index contributed by atoms with van der Waals surface area (Å²) in [5, 5.41) is 3.75. The smallest absolute Gasteiger partial charge is 0.333 e. The van der Waals surface area contributed by atoms with Gasteiger partial charge in [-0.15, -0.1) is 0 Å². The Labute approximate surface area is 180 Å². The molecule has 1 N–H and O–H groups in total. The van der Waals surface area contributed by atoms with E-state index >= 15 is 0 Å². The Hall–Kier alpha value is -4.12. The van der Waals surface area contributed by atoms with Gasteiger partial charge in [0.2, 0.25) is 0 Å². The minimum atomic E-state index is -0.439. The van der Waals surface area contributed by atoms with Gasteiger partial charge in [0.15, 0.2) is 0 Å². The van der Waals surface area contributed by atoms with Crippen LogP contribution in [-0.4, -0.2) is 16.5 Å². The number of nitrogens with zero attached hydrogens (tertiary/aromatic N) is 2. The van der Waals surface area contributed by atoms with Gasteiger partial charge in [-0.2, -0.15) is 0 Å². The molecule has 152 valence electrons. The Morgan fingerprint density at radius 2 is 1.58 bits per heavy atom. The zero-order chi connectivity index (χ0) is 21.4. The largest absolute Gasteiger partial charge is 0.342 e. The summed E-state index contributed by atoms with van der Waals surface area (Å²) in [4.78, 5) is 26.6. The van der Waals surface area contributed by atoms with E-state index in [1.54, 1.807) is 30.3 Å². The summed E-state index contributed by atoms with van der Waals surface area (Å²) in [6, 6.07) is 25.0. The molecule has 0 saturated carbocycles. The Kier molecular flexibility index (Phi) is 4.64. The van der Waals surface area contributed by atoms with Crippen molar-refractivity contribution in [1.29, 1.82) is 0 Å². The fourth-order valence-corrected chi connectivity index (χ4v) is 3.91. The summed E-state index contributed by atoms with van der Waals surface area (Å²) in [7, 11) is 0. The minimum absolute atomic E-state index is 0.270. The van der Waals surface area contributed by atoms with E-state index in [0.29, 0.717) is 5.69 Å². The van der Waals surface area contributed by atoms with Crippen molar-refractivity contribution in [3.05, 3.63) is 107 Å². The number of hydrogen-bond acceptors (Lipinski definition) is 2. The van der Waals surface area contributed by atoms with E-state index in [1.165, 1.54) is 11.1 Å². The number of aryl methyl sites for hydroxylation is 1. The first kappa shape index (κ1) is 18.9. The summed E-state index contributed by atoms with van der Waals surface area (Å²) in [5.74, 6) is -0.355. The molecule has 1 aromatic heterocycles. The molecule has 1 aliphatic rings. The average molecular weight is 407 g/mol. The van der Waals surface area contributed by atoms with Crippen LogP contribution in [0.3, 0.4) is 0 Å². The highest BCUT2D eigenvalue weighted by Crippen LogP contribution is 2.27. The second-order valence-corrected chi connectivity index (χ2v) is 7.68. The maximum Gasteiger partial charge on any atom is 0.333 e. The van der Waals surface area contributed by atoms with Gasteiger partial charge < -0.3 is 9.88 Å². The third-order valence-corrected chi connectivity index (χ3v) is 5.49. The van der Waals surface area contributed by atoms with Gasteiger partial charge >= 0.3 is 6.03 Å². The van der Waals surface area contributed by atoms with Gasteiger partial charge in [-0.05, 0) is 36.8 Å². The van der Waals surface area contributed by atoms with Crippen LogP contribution in [0.1, 0.15) is 16.7 Å². The van der Waals surface area contributed by atoms with Crippen LogP contribution in [0.25, 0.3) is 17.0 Å². The number of fused-ring (bicyclic) bond motifs is 1. The molecule has 2 heterocycles. The number of urea groups is 1. The Morgan fingerprint density at radius 3 is 2.35 bits per heavy atom. The molecule has 0 radical (unpaired) electrons. The second-order valence-electron chi connectivity index (χ2n) is 7.68. The average Bonchev–Trinajstić information content (AvgIpc) is 3.27. The number of hydrogen-bond donors (Lipinski definition) is 1. The van der Waals surface area contributed by atoms with Gasteiger partial charge in [-0.3, -0.25) is 4.79 Å². The maximum atomic E-state index is 13.0. The fraction of sp³-hybridized carbons (Fsp3) is 0.0769. The lowest BCUT2D eigenvalue weighted by atomic mass is 10.1. The molecule has 0 aliphatic carbocycles. The number of carbonyl (C=O) groups excluding carboxylic acids is 2. The number of para-hydroxylation sites is 2. The van der Waals surface area contributed by atoms with Crippen molar-refractivity contribution in [2.24, 2.45) is 0 Å². The molecule has 5 rings (SSSR count). The van der Waals surface area contributed by atoms with Crippen LogP contribution < -0.4 is 10.2 Å². The molecule has 1 saturated heterocycles. The van der Waals surface area contributed by atoms with Crippen molar-refractivity contribution in [2.75, 3.05) is 4.90 Å². The van der Waals surface area contributed by atoms with Crippen molar-refractivity contribution < 1.29 is 9.59 Å². The van der Waals surface area contributed by atoms with Gasteiger partial charge in [0, 0.05) is 29.2 Å². The molecule has 0 spiro atoms. The lowest BCUT2D eigenvalue weighted by Gasteiger charge is -2.10. The minimum Gasteiger partial charge on any atom is -0.342 e. The number of nitrogens with one attached hydrogen (secondary N) is 1. The third-order valence-electron chi connectivity index (χ3n) is 5.49. The monoisotopic (exact) mass is 407 g/mol. The zero-order valence-corrected chi connectivity index (χ0v) is 17.1. The SMILES string of the molecule is Cc1ccc(Cn2cc(/C=C3/NC(=O)N(c4ccccc4)C3=O)c3ccccc32)cc1. The van der Waals surface area contributed by atoms with Crippen LogP contribution in [0.5, 0.6) is 0 Å². The van der Waals surface area contributed by atoms with Crippen molar-refractivity contribution in [3.63, 3.8) is 0 Å². The molecular formula is C26H21N3O2. The first-order chi connectivity index (χ1) is 15.1. The normalized spacial score (nSPS) is 15.1. The highest BCUT2D eigenvalue weighted by atomic mass is 16.2. The second kappa shape index (κ2) is 7.61. The molecule has 4 aromatic rings. The predicted molar refractivity (Wildman–Crippen MR) is 123 cm³/mol. The Balaban J connectivity index is 1.52. The zero-order valence-electron chi connectivity index (χ0n) is 17.1. The van der Waals surface area contributed by atoms with E-state index in [4.69, 9.17) is 0 Å². The van der Waals surface area contributed by atoms with E-state index in [9.17, 15) is 9.59 Å². The van der Waals surface area contributed by atoms with Gasteiger partial charge in [0.05, 0.1) is 5.69 Å². The standard InChI is InChI=1S/C26H21N3O2/c1-18-11-13-19(14-12-18)16-28-17-20(22-9-5-6-10-24(22)28)15-23-25(30)29(26(31)27-23)21-7-3-2-4-8-21/h2-15,17H,16H2,1H3,(H,27,31)/b23-15+. The molecule has 0 unspecified atom stereocenters. The summed E-state index contributed by atoms with van der Waals surface area (Å²) >= 11 is 0. The molecule has 0 bridgehead atoms. The number of rotatable bonds is 4. The lowest BCUT2D eigenvalue weighted by Crippen LogP contribution is -2.30. The van der Waals surface area contributed by atoms with Crippen LogP contribution in [0, 0.1) is 6.92 Å². The van der Waals surface area contributed by atoms with Gasteiger partial charge in [0.1, 0.15) is 5.70 Å². The molecule has 0 atom stereocenters. The topological polar surface area (TPSA) is 54.3 Å². The molecule has 5 nitrogen and oxygen atoms in total. The highest BCUT2D eigenvalue weighted by molar-refractivity contribution is 6.28. The maximum absolute atomic E-state index is 13.0. The molecule has 3 amide bonds. The number of benzene rings is 3. The summed E-state index contributed by atoms with van der Waals surface area (Å²) in [6.07, 6.45) is 3.79. The van der Waals surface area contributed by atoms with E-state index in [1.807, 2.05) is 30.5 Å². The summed E-state index contributed by atoms with van der Waals surface area (Å²) in [5.41, 5.74) is 5.21. The molecule has 31 heavy (non-hydrogen) atoms. The molecule has 5 heteroatoms. The van der Waals surface area contributed by atoms with Crippen molar-refractivity contribution in [2.45, 2.75) is 13.5 Å². The Morgan fingerprint density at radius 1 is 0.871 bits per heavy atom. The van der Waals surface area contributed by atoms with Crippen LogP contribution >= 0.6 is 0 Å². The molecule has 1 aliphatic heterocycles. The van der Waals surface area contributed by atoms with E-state index < -0.39 is 6.03 Å². The van der Waals surface area contributed by atoms with E-state index in [-0.39, 0.29) is 11.6 Å². The highest BCUT2D eigenvalue weighted by Gasteiger charge is 2.34. The first-order valence-electron chi connectivity index (χ1n) is 10.2. The number of amides is 3. The van der Waals surface area contributed by atoms with Crippen LogP contribution in [0.4, 0.5) is 10.5 Å². The van der Waals surface area contributed by atoms with Crippen LogP contribution in [-0.2, 0) is 11.3 Å². The van der Waals surface area contributed by atoms with E-state index in [0.717, 1.165) is 27.9 Å². The van der Waals surface area contributed by atoms with Gasteiger partial charge in [-0.1, -0.05) is 66.2 Å². The van der Waals surface area contributed by atoms with Gasteiger partial charge in [0.25, 0.3) is 5.91 Å².